The first-order valence-corrected chi connectivity index (χ1v) is 7.48. The molecule has 0 saturated carbocycles. The largest absolute Gasteiger partial charge is 0.356 e. The van der Waals surface area contributed by atoms with E-state index in [-0.39, 0.29) is 24.0 Å². The van der Waals surface area contributed by atoms with Crippen LogP contribution in [0.4, 0.5) is 0 Å². The minimum Gasteiger partial charge on any atom is -0.356 e. The zero-order valence-electron chi connectivity index (χ0n) is 13.8. The second-order valence-corrected chi connectivity index (χ2v) is 5.68. The number of halogens is 1. The summed E-state index contributed by atoms with van der Waals surface area (Å²) in [5, 5.41) is 6.63. The molecule has 2 heterocycles. The van der Waals surface area contributed by atoms with Gasteiger partial charge in [0.1, 0.15) is 5.65 Å². The van der Waals surface area contributed by atoms with E-state index in [2.05, 4.69) is 58.0 Å². The lowest BCUT2D eigenvalue weighted by atomic mass is 10.2. The van der Waals surface area contributed by atoms with Crippen LogP contribution in [0.3, 0.4) is 0 Å². The van der Waals surface area contributed by atoms with Crippen LogP contribution in [0, 0.1) is 12.8 Å². The lowest BCUT2D eigenvalue weighted by Gasteiger charge is -2.12. The molecular weight excluding hydrogens is 389 g/mol. The summed E-state index contributed by atoms with van der Waals surface area (Å²) in [5.41, 5.74) is 3.33. The summed E-state index contributed by atoms with van der Waals surface area (Å²) in [4.78, 5) is 8.89. The van der Waals surface area contributed by atoms with E-state index >= 15 is 0 Å². The molecule has 2 aromatic rings. The highest BCUT2D eigenvalue weighted by atomic mass is 127. The molecule has 0 saturated heterocycles. The molecule has 0 aliphatic rings. The van der Waals surface area contributed by atoms with Gasteiger partial charge in [-0.3, -0.25) is 4.99 Å². The number of fused-ring (bicyclic) bond motifs is 1. The van der Waals surface area contributed by atoms with Crippen molar-refractivity contribution >= 4 is 35.6 Å². The number of aliphatic imine (C=N–C) groups is 1. The maximum Gasteiger partial charge on any atom is 0.190 e. The topological polar surface area (TPSA) is 53.7 Å². The van der Waals surface area contributed by atoms with E-state index in [1.54, 1.807) is 7.05 Å². The third-order valence-electron chi connectivity index (χ3n) is 3.30. The number of nitrogens with zero attached hydrogens (tertiary/aromatic N) is 3. The normalized spacial score (nSPS) is 11.6. The number of guanidine groups is 1. The number of nitrogens with one attached hydrogen (secondary N) is 2. The summed E-state index contributed by atoms with van der Waals surface area (Å²) in [6.45, 7) is 8.19. The van der Waals surface area contributed by atoms with Crippen molar-refractivity contribution in [3.8, 4) is 0 Å². The van der Waals surface area contributed by atoms with Crippen LogP contribution in [0.2, 0.25) is 0 Å². The third-order valence-corrected chi connectivity index (χ3v) is 3.30. The quantitative estimate of drug-likeness (QED) is 0.449. The second kappa shape index (κ2) is 8.97. The molecular formula is C16H26IN5. The lowest BCUT2D eigenvalue weighted by Crippen LogP contribution is -2.39. The molecule has 0 atom stereocenters. The summed E-state index contributed by atoms with van der Waals surface area (Å²) >= 11 is 0. The van der Waals surface area contributed by atoms with Gasteiger partial charge in [-0.2, -0.15) is 0 Å². The van der Waals surface area contributed by atoms with Crippen molar-refractivity contribution in [1.29, 1.82) is 0 Å². The molecule has 0 bridgehead atoms. The first kappa shape index (κ1) is 18.7. The molecule has 2 N–H and O–H groups in total. The van der Waals surface area contributed by atoms with Crippen LogP contribution >= 0.6 is 24.0 Å². The van der Waals surface area contributed by atoms with E-state index in [9.17, 15) is 0 Å². The molecule has 5 nitrogen and oxygen atoms in total. The minimum absolute atomic E-state index is 0. The summed E-state index contributed by atoms with van der Waals surface area (Å²) in [5.74, 6) is 1.45. The van der Waals surface area contributed by atoms with Crippen molar-refractivity contribution in [2.24, 2.45) is 10.9 Å². The van der Waals surface area contributed by atoms with Gasteiger partial charge in [0, 0.05) is 39.0 Å². The minimum atomic E-state index is 0. The SMILES string of the molecule is CN=C(NCCc1cn2cccc(C)c2n1)NCC(C)C.I. The van der Waals surface area contributed by atoms with Crippen molar-refractivity contribution in [3.63, 3.8) is 0 Å². The van der Waals surface area contributed by atoms with E-state index in [4.69, 9.17) is 0 Å². The Morgan fingerprint density at radius 3 is 2.77 bits per heavy atom. The number of rotatable bonds is 5. The van der Waals surface area contributed by atoms with Crippen molar-refractivity contribution in [2.75, 3.05) is 20.1 Å². The Kier molecular flexibility index (Phi) is 7.64. The van der Waals surface area contributed by atoms with Gasteiger partial charge in [0.2, 0.25) is 0 Å². The number of imidazole rings is 1. The summed E-state index contributed by atoms with van der Waals surface area (Å²) < 4.78 is 2.08. The highest BCUT2D eigenvalue weighted by Crippen LogP contribution is 2.09. The van der Waals surface area contributed by atoms with Gasteiger partial charge < -0.3 is 15.0 Å². The Balaban J connectivity index is 0.00000242. The highest BCUT2D eigenvalue weighted by Gasteiger charge is 2.04. The number of aryl methyl sites for hydroxylation is 1. The Morgan fingerprint density at radius 2 is 2.14 bits per heavy atom. The van der Waals surface area contributed by atoms with Gasteiger partial charge >= 0.3 is 0 Å². The summed E-state index contributed by atoms with van der Waals surface area (Å²) in [6, 6.07) is 4.13. The Labute approximate surface area is 149 Å². The predicted molar refractivity (Wildman–Crippen MR) is 103 cm³/mol. The Morgan fingerprint density at radius 1 is 1.36 bits per heavy atom. The first-order chi connectivity index (χ1) is 10.1. The molecule has 0 aliphatic heterocycles. The van der Waals surface area contributed by atoms with E-state index in [1.165, 1.54) is 5.56 Å². The average Bonchev–Trinajstić information content (AvgIpc) is 2.87. The fourth-order valence-electron chi connectivity index (χ4n) is 2.16. The zero-order valence-corrected chi connectivity index (χ0v) is 16.1. The molecule has 0 amide bonds. The molecule has 22 heavy (non-hydrogen) atoms. The number of aromatic nitrogens is 2. The van der Waals surface area contributed by atoms with Gasteiger partial charge in [0.05, 0.1) is 5.69 Å². The fourth-order valence-corrected chi connectivity index (χ4v) is 2.16. The van der Waals surface area contributed by atoms with Gasteiger partial charge in [0.25, 0.3) is 0 Å². The van der Waals surface area contributed by atoms with Crippen LogP contribution in [0.1, 0.15) is 25.1 Å². The van der Waals surface area contributed by atoms with Crippen LogP contribution in [-0.4, -0.2) is 35.5 Å². The third kappa shape index (κ3) is 5.15. The summed E-state index contributed by atoms with van der Waals surface area (Å²) in [7, 11) is 1.80. The van der Waals surface area contributed by atoms with E-state index in [1.807, 2.05) is 12.3 Å². The van der Waals surface area contributed by atoms with Crippen LogP contribution in [0.15, 0.2) is 29.5 Å². The van der Waals surface area contributed by atoms with Gasteiger partial charge in [-0.15, -0.1) is 24.0 Å². The van der Waals surface area contributed by atoms with Gasteiger partial charge in [-0.05, 0) is 24.5 Å². The van der Waals surface area contributed by atoms with Crippen LogP contribution in [0.25, 0.3) is 5.65 Å². The monoisotopic (exact) mass is 415 g/mol. The first-order valence-electron chi connectivity index (χ1n) is 7.48. The average molecular weight is 415 g/mol. The zero-order chi connectivity index (χ0) is 15.2. The van der Waals surface area contributed by atoms with Crippen molar-refractivity contribution in [3.05, 3.63) is 35.8 Å². The van der Waals surface area contributed by atoms with Gasteiger partial charge in [-0.25, -0.2) is 4.98 Å². The van der Waals surface area contributed by atoms with E-state index in [0.717, 1.165) is 36.8 Å². The lowest BCUT2D eigenvalue weighted by molar-refractivity contribution is 0.614. The van der Waals surface area contributed by atoms with Crippen molar-refractivity contribution in [1.82, 2.24) is 20.0 Å². The van der Waals surface area contributed by atoms with Crippen LogP contribution in [-0.2, 0) is 6.42 Å². The molecule has 0 radical (unpaired) electrons. The summed E-state index contributed by atoms with van der Waals surface area (Å²) in [6.07, 6.45) is 5.01. The molecule has 2 aromatic heterocycles. The Bertz CT molecular complexity index is 618. The molecule has 2 rings (SSSR count). The predicted octanol–water partition coefficient (Wildman–Crippen LogP) is 2.62. The fraction of sp³-hybridized carbons (Fsp3) is 0.500. The van der Waals surface area contributed by atoms with Crippen LogP contribution in [0.5, 0.6) is 0 Å². The van der Waals surface area contributed by atoms with E-state index < -0.39 is 0 Å². The molecule has 122 valence electrons. The highest BCUT2D eigenvalue weighted by molar-refractivity contribution is 14.0. The Hall–Kier alpha value is -1.31. The van der Waals surface area contributed by atoms with Gasteiger partial charge in [-0.1, -0.05) is 19.9 Å². The van der Waals surface area contributed by atoms with Crippen LogP contribution < -0.4 is 10.6 Å². The van der Waals surface area contributed by atoms with Gasteiger partial charge in [0.15, 0.2) is 5.96 Å². The number of hydrogen-bond donors (Lipinski definition) is 2. The second-order valence-electron chi connectivity index (χ2n) is 5.68. The number of pyridine rings is 1. The van der Waals surface area contributed by atoms with Crippen molar-refractivity contribution < 1.29 is 0 Å². The molecule has 0 fully saturated rings. The molecule has 0 spiro atoms. The smallest absolute Gasteiger partial charge is 0.190 e. The standard InChI is InChI=1S/C16H25N5.HI/c1-12(2)10-19-16(17-4)18-8-7-14-11-21-9-5-6-13(3)15(21)20-14;/h5-6,9,11-12H,7-8,10H2,1-4H3,(H2,17,18,19);1H. The molecule has 0 aliphatic carbocycles. The molecule has 6 heteroatoms. The molecule has 0 aromatic carbocycles. The maximum atomic E-state index is 4.67. The number of hydrogen-bond acceptors (Lipinski definition) is 2. The maximum absolute atomic E-state index is 4.67. The molecule has 0 unspecified atom stereocenters. The van der Waals surface area contributed by atoms with Crippen molar-refractivity contribution in [2.45, 2.75) is 27.2 Å². The van der Waals surface area contributed by atoms with E-state index in [0.29, 0.717) is 5.92 Å².